The summed E-state index contributed by atoms with van der Waals surface area (Å²) >= 11 is 0. The van der Waals surface area contributed by atoms with E-state index in [1.54, 1.807) is 0 Å². The molecule has 1 aliphatic rings. The third-order valence-corrected chi connectivity index (χ3v) is 3.98. The Balaban J connectivity index is 0.00000200. The first-order valence-electron chi connectivity index (χ1n) is 7.33. The van der Waals surface area contributed by atoms with Crippen molar-refractivity contribution in [3.8, 4) is 0 Å². The van der Waals surface area contributed by atoms with Crippen LogP contribution in [-0.4, -0.2) is 11.4 Å². The molecule has 2 rings (SSSR count). The van der Waals surface area contributed by atoms with Crippen LogP contribution in [-0.2, 0) is 11.2 Å². The van der Waals surface area contributed by atoms with Gasteiger partial charge in [0, 0.05) is 5.69 Å². The van der Waals surface area contributed by atoms with E-state index in [1.165, 1.54) is 18.4 Å². The van der Waals surface area contributed by atoms with Gasteiger partial charge in [0.2, 0.25) is 5.91 Å². The highest BCUT2D eigenvalue weighted by atomic mass is 35.5. The Kier molecular flexibility index (Phi) is 6.50. The van der Waals surface area contributed by atoms with Gasteiger partial charge in [0.25, 0.3) is 0 Å². The first-order valence-corrected chi connectivity index (χ1v) is 7.33. The minimum absolute atomic E-state index is 0. The largest absolute Gasteiger partial charge is 0.324 e. The second kappa shape index (κ2) is 7.65. The molecule has 20 heavy (non-hydrogen) atoms. The summed E-state index contributed by atoms with van der Waals surface area (Å²) in [6.07, 6.45) is 7.22. The predicted octanol–water partition coefficient (Wildman–Crippen LogP) is 3.66. The van der Waals surface area contributed by atoms with Gasteiger partial charge in [0.15, 0.2) is 0 Å². The van der Waals surface area contributed by atoms with Crippen molar-refractivity contribution in [2.75, 3.05) is 5.32 Å². The normalized spacial score (nSPS) is 16.5. The monoisotopic (exact) mass is 296 g/mol. The van der Waals surface area contributed by atoms with E-state index in [0.717, 1.165) is 37.8 Å². The maximum Gasteiger partial charge on any atom is 0.244 e. The van der Waals surface area contributed by atoms with Gasteiger partial charge >= 0.3 is 0 Å². The lowest BCUT2D eigenvalue weighted by atomic mass is 9.98. The number of benzene rings is 1. The number of aryl methyl sites for hydroxylation is 1. The Morgan fingerprint density at radius 1 is 1.25 bits per heavy atom. The number of carbonyl (C=O) groups excluding carboxylic acids is 1. The van der Waals surface area contributed by atoms with Gasteiger partial charge in [-0.1, -0.05) is 38.3 Å². The van der Waals surface area contributed by atoms with Crippen LogP contribution in [0.3, 0.4) is 0 Å². The average Bonchev–Trinajstić information content (AvgIpc) is 2.86. The summed E-state index contributed by atoms with van der Waals surface area (Å²) in [7, 11) is 0. The first-order chi connectivity index (χ1) is 9.14. The van der Waals surface area contributed by atoms with E-state index in [1.807, 2.05) is 12.1 Å². The van der Waals surface area contributed by atoms with E-state index in [4.69, 9.17) is 5.73 Å². The Morgan fingerprint density at radius 2 is 1.85 bits per heavy atom. The van der Waals surface area contributed by atoms with Crippen LogP contribution in [0.25, 0.3) is 0 Å². The summed E-state index contributed by atoms with van der Waals surface area (Å²) in [6, 6.07) is 8.12. The Bertz CT molecular complexity index is 425. The highest BCUT2D eigenvalue weighted by Crippen LogP contribution is 2.28. The molecule has 1 amide bonds. The zero-order valence-corrected chi connectivity index (χ0v) is 13.0. The van der Waals surface area contributed by atoms with Gasteiger partial charge in [0.05, 0.1) is 5.54 Å². The predicted molar refractivity (Wildman–Crippen MR) is 86.3 cm³/mol. The average molecular weight is 297 g/mol. The summed E-state index contributed by atoms with van der Waals surface area (Å²) in [4.78, 5) is 12.2. The van der Waals surface area contributed by atoms with Crippen molar-refractivity contribution in [1.82, 2.24) is 0 Å². The molecule has 0 spiro atoms. The van der Waals surface area contributed by atoms with E-state index >= 15 is 0 Å². The highest BCUT2D eigenvalue weighted by Gasteiger charge is 2.36. The molecule has 1 fully saturated rings. The molecule has 4 heteroatoms. The summed E-state index contributed by atoms with van der Waals surface area (Å²) in [6.45, 7) is 2.19. The smallest absolute Gasteiger partial charge is 0.244 e. The van der Waals surface area contributed by atoms with Gasteiger partial charge in [-0.3, -0.25) is 4.79 Å². The Hall–Kier alpha value is -1.06. The Labute approximate surface area is 127 Å². The molecule has 1 aromatic carbocycles. The quantitative estimate of drug-likeness (QED) is 0.871. The van der Waals surface area contributed by atoms with Gasteiger partial charge in [-0.15, -0.1) is 12.4 Å². The number of nitrogens with two attached hydrogens (primary N) is 1. The number of halogens is 1. The van der Waals surface area contributed by atoms with E-state index in [9.17, 15) is 4.79 Å². The molecular weight excluding hydrogens is 272 g/mol. The van der Waals surface area contributed by atoms with Gasteiger partial charge in [0.1, 0.15) is 0 Å². The lowest BCUT2D eigenvalue weighted by molar-refractivity contribution is -0.121. The fraction of sp³-hybridized carbons (Fsp3) is 0.562. The van der Waals surface area contributed by atoms with Gasteiger partial charge in [-0.25, -0.2) is 0 Å². The van der Waals surface area contributed by atoms with Crippen molar-refractivity contribution in [2.24, 2.45) is 5.73 Å². The maximum atomic E-state index is 12.2. The van der Waals surface area contributed by atoms with Crippen molar-refractivity contribution in [1.29, 1.82) is 0 Å². The standard InChI is InChI=1S/C16H24N2O.ClH/c1-2-3-6-13-7-9-14(10-8-13)18-15(19)16(17)11-4-5-12-16;/h7-10H,2-6,11-12,17H2,1H3,(H,18,19);1H. The second-order valence-electron chi connectivity index (χ2n) is 5.62. The number of unbranched alkanes of at least 4 members (excludes halogenated alkanes) is 1. The summed E-state index contributed by atoms with van der Waals surface area (Å²) in [5.74, 6) is -0.0358. The fourth-order valence-corrected chi connectivity index (χ4v) is 2.62. The third kappa shape index (κ3) is 4.22. The third-order valence-electron chi connectivity index (χ3n) is 3.98. The molecule has 0 aromatic heterocycles. The van der Waals surface area contributed by atoms with Crippen LogP contribution in [0.2, 0.25) is 0 Å². The number of amides is 1. The SMILES string of the molecule is CCCCc1ccc(NC(=O)C2(N)CCCC2)cc1.Cl. The zero-order valence-electron chi connectivity index (χ0n) is 12.2. The van der Waals surface area contributed by atoms with Crippen molar-refractivity contribution >= 4 is 24.0 Å². The molecule has 0 saturated heterocycles. The molecule has 3 nitrogen and oxygen atoms in total. The second-order valence-corrected chi connectivity index (χ2v) is 5.62. The van der Waals surface area contributed by atoms with Crippen molar-refractivity contribution in [3.05, 3.63) is 29.8 Å². The summed E-state index contributed by atoms with van der Waals surface area (Å²) in [5.41, 5.74) is 7.65. The number of nitrogens with one attached hydrogen (secondary N) is 1. The molecule has 0 atom stereocenters. The van der Waals surface area contributed by atoms with E-state index in [2.05, 4.69) is 24.4 Å². The molecule has 0 radical (unpaired) electrons. The zero-order chi connectivity index (χ0) is 13.7. The van der Waals surface area contributed by atoms with Crippen molar-refractivity contribution < 1.29 is 4.79 Å². The van der Waals surface area contributed by atoms with Crippen LogP contribution in [0, 0.1) is 0 Å². The minimum atomic E-state index is -0.652. The van der Waals surface area contributed by atoms with E-state index in [0.29, 0.717) is 0 Å². The lowest BCUT2D eigenvalue weighted by Gasteiger charge is -2.22. The molecule has 1 saturated carbocycles. The highest BCUT2D eigenvalue weighted by molar-refractivity contribution is 5.98. The van der Waals surface area contributed by atoms with Crippen LogP contribution in [0.4, 0.5) is 5.69 Å². The molecule has 112 valence electrons. The fourth-order valence-electron chi connectivity index (χ4n) is 2.62. The molecule has 1 aromatic rings. The van der Waals surface area contributed by atoms with Crippen molar-refractivity contribution in [2.45, 2.75) is 57.4 Å². The van der Waals surface area contributed by atoms with Crippen LogP contribution in [0.15, 0.2) is 24.3 Å². The number of anilines is 1. The number of hydrogen-bond acceptors (Lipinski definition) is 2. The van der Waals surface area contributed by atoms with Gasteiger partial charge in [-0.05, 0) is 43.4 Å². The number of rotatable bonds is 5. The first kappa shape index (κ1) is 17.0. The molecule has 0 aliphatic heterocycles. The van der Waals surface area contributed by atoms with Gasteiger partial charge in [-0.2, -0.15) is 0 Å². The number of carbonyl (C=O) groups is 1. The van der Waals surface area contributed by atoms with Crippen LogP contribution in [0.5, 0.6) is 0 Å². The van der Waals surface area contributed by atoms with E-state index in [-0.39, 0.29) is 18.3 Å². The topological polar surface area (TPSA) is 55.1 Å². The maximum absolute atomic E-state index is 12.2. The molecule has 0 unspecified atom stereocenters. The summed E-state index contributed by atoms with van der Waals surface area (Å²) in [5, 5.41) is 2.94. The molecule has 1 aliphatic carbocycles. The molecular formula is C16H25ClN2O. The lowest BCUT2D eigenvalue weighted by Crippen LogP contribution is -2.48. The van der Waals surface area contributed by atoms with Crippen LogP contribution >= 0.6 is 12.4 Å². The molecule has 0 bridgehead atoms. The Morgan fingerprint density at radius 3 is 2.40 bits per heavy atom. The van der Waals surface area contributed by atoms with Crippen LogP contribution < -0.4 is 11.1 Å². The number of hydrogen-bond donors (Lipinski definition) is 2. The molecule has 0 heterocycles. The van der Waals surface area contributed by atoms with E-state index < -0.39 is 5.54 Å². The van der Waals surface area contributed by atoms with Crippen LogP contribution in [0.1, 0.15) is 51.0 Å². The molecule has 3 N–H and O–H groups in total. The van der Waals surface area contributed by atoms with Crippen molar-refractivity contribution in [3.63, 3.8) is 0 Å². The minimum Gasteiger partial charge on any atom is -0.324 e. The van der Waals surface area contributed by atoms with Gasteiger partial charge < -0.3 is 11.1 Å². The summed E-state index contributed by atoms with van der Waals surface area (Å²) < 4.78 is 0.